The van der Waals surface area contributed by atoms with Crippen LogP contribution in [-0.4, -0.2) is 15.0 Å². The highest BCUT2D eigenvalue weighted by Gasteiger charge is 1.96. The van der Waals surface area contributed by atoms with Gasteiger partial charge in [0.1, 0.15) is 12.0 Å². The maximum atomic E-state index is 4.04. The fourth-order valence-electron chi connectivity index (χ4n) is 0.988. The number of aryl methyl sites for hydroxylation is 1. The lowest BCUT2D eigenvalue weighted by molar-refractivity contribution is 1.09. The number of hydrogen-bond donors (Lipinski definition) is 1. The van der Waals surface area contributed by atoms with Gasteiger partial charge in [-0.15, -0.1) is 0 Å². The van der Waals surface area contributed by atoms with E-state index in [2.05, 4.69) is 28.8 Å². The first kappa shape index (κ1) is 9.71. The minimum atomic E-state index is 0.910. The second-order valence-electron chi connectivity index (χ2n) is 2.96. The Balaban J connectivity index is 0.000000251. The van der Waals surface area contributed by atoms with Crippen LogP contribution in [0.3, 0.4) is 0 Å². The van der Waals surface area contributed by atoms with Crippen LogP contribution < -0.4 is 0 Å². The predicted octanol–water partition coefficient (Wildman–Crippen LogP) is 2.68. The van der Waals surface area contributed by atoms with Gasteiger partial charge in [-0.3, -0.25) is 0 Å². The van der Waals surface area contributed by atoms with Gasteiger partial charge in [0.05, 0.1) is 0 Å². The molecule has 0 atom stereocenters. The fraction of sp³-hybridized carbons (Fsp3) is 0.400. The monoisotopic (exact) mass is 177 g/mol. The summed E-state index contributed by atoms with van der Waals surface area (Å²) in [7, 11) is 0. The molecule has 0 radical (unpaired) electrons. The van der Waals surface area contributed by atoms with Crippen LogP contribution >= 0.6 is 0 Å². The average Bonchev–Trinajstić information content (AvgIpc) is 2.50. The summed E-state index contributed by atoms with van der Waals surface area (Å²) in [6.07, 6.45) is 6.53. The smallest absolute Gasteiger partial charge is 0.140 e. The number of fused-ring (bicyclic) bond motifs is 1. The fourth-order valence-corrected chi connectivity index (χ4v) is 0.988. The molecule has 3 heteroatoms. The van der Waals surface area contributed by atoms with Gasteiger partial charge in [0, 0.05) is 17.8 Å². The summed E-state index contributed by atoms with van der Waals surface area (Å²) in [5.41, 5.74) is 2.10. The van der Waals surface area contributed by atoms with E-state index in [4.69, 9.17) is 0 Å². The van der Waals surface area contributed by atoms with Crippen molar-refractivity contribution in [3.8, 4) is 0 Å². The Labute approximate surface area is 78.2 Å². The highest BCUT2D eigenvalue weighted by molar-refractivity contribution is 5.77. The molecule has 0 saturated carbocycles. The van der Waals surface area contributed by atoms with Crippen LogP contribution in [0.2, 0.25) is 0 Å². The zero-order chi connectivity index (χ0) is 9.68. The van der Waals surface area contributed by atoms with Crippen molar-refractivity contribution in [2.45, 2.75) is 27.2 Å². The van der Waals surface area contributed by atoms with Gasteiger partial charge in [-0.05, 0) is 12.5 Å². The molecule has 13 heavy (non-hydrogen) atoms. The molecule has 0 aromatic carbocycles. The summed E-state index contributed by atoms with van der Waals surface area (Å²) in [5.74, 6) is 0. The molecule has 0 aliphatic heterocycles. The molecule has 0 spiro atoms. The van der Waals surface area contributed by atoms with Gasteiger partial charge in [0.25, 0.3) is 0 Å². The van der Waals surface area contributed by atoms with Crippen molar-refractivity contribution in [2.75, 3.05) is 0 Å². The minimum absolute atomic E-state index is 0.910. The van der Waals surface area contributed by atoms with Crippen LogP contribution in [0.5, 0.6) is 0 Å². The third-order valence-corrected chi connectivity index (χ3v) is 1.56. The molecule has 70 valence electrons. The number of aromatic nitrogens is 3. The number of hydrogen-bond acceptors (Lipinski definition) is 2. The zero-order valence-corrected chi connectivity index (χ0v) is 8.33. The van der Waals surface area contributed by atoms with E-state index in [1.165, 1.54) is 18.3 Å². The lowest BCUT2D eigenvalue weighted by Crippen LogP contribution is -1.76. The zero-order valence-electron chi connectivity index (χ0n) is 8.33. The van der Waals surface area contributed by atoms with Crippen molar-refractivity contribution in [3.05, 3.63) is 24.3 Å². The van der Waals surface area contributed by atoms with E-state index in [0.29, 0.717) is 0 Å². The van der Waals surface area contributed by atoms with Gasteiger partial charge < -0.3 is 4.98 Å². The predicted molar refractivity (Wildman–Crippen MR) is 54.6 cm³/mol. The molecule has 0 amide bonds. The van der Waals surface area contributed by atoms with Gasteiger partial charge in [0.15, 0.2) is 0 Å². The average molecular weight is 177 g/mol. The molecular formula is C10H15N3. The van der Waals surface area contributed by atoms with Gasteiger partial charge in [-0.1, -0.05) is 20.3 Å². The Bertz CT molecular complexity index is 365. The van der Waals surface area contributed by atoms with Crippen LogP contribution in [0.25, 0.3) is 11.0 Å². The van der Waals surface area contributed by atoms with Crippen molar-refractivity contribution in [2.24, 2.45) is 0 Å². The van der Waals surface area contributed by atoms with Gasteiger partial charge >= 0.3 is 0 Å². The van der Waals surface area contributed by atoms with Crippen LogP contribution in [-0.2, 0) is 0 Å². The van der Waals surface area contributed by atoms with E-state index in [9.17, 15) is 0 Å². The first-order valence-corrected chi connectivity index (χ1v) is 4.53. The summed E-state index contributed by atoms with van der Waals surface area (Å²) in [4.78, 5) is 11.0. The second-order valence-corrected chi connectivity index (χ2v) is 2.96. The number of H-pyrrole nitrogens is 1. The largest absolute Gasteiger partial charge is 0.346 e. The lowest BCUT2D eigenvalue weighted by atomic mass is 10.3. The molecule has 0 aliphatic carbocycles. The molecule has 0 fully saturated rings. The van der Waals surface area contributed by atoms with Crippen molar-refractivity contribution in [3.63, 3.8) is 0 Å². The molecule has 2 rings (SSSR count). The third kappa shape index (κ3) is 2.28. The summed E-state index contributed by atoms with van der Waals surface area (Å²) >= 11 is 0. The highest BCUT2D eigenvalue weighted by Crippen LogP contribution is 2.11. The van der Waals surface area contributed by atoms with E-state index < -0.39 is 0 Å². The molecule has 2 aromatic heterocycles. The number of aromatic amines is 1. The molecule has 0 aliphatic rings. The summed E-state index contributed by atoms with van der Waals surface area (Å²) in [6.45, 7) is 6.28. The Morgan fingerprint density at radius 1 is 1.38 bits per heavy atom. The van der Waals surface area contributed by atoms with Crippen molar-refractivity contribution < 1.29 is 0 Å². The molecule has 0 bridgehead atoms. The number of nitrogens with one attached hydrogen (secondary N) is 1. The molecule has 0 saturated heterocycles. The quantitative estimate of drug-likeness (QED) is 0.672. The molecule has 1 N–H and O–H groups in total. The van der Waals surface area contributed by atoms with Crippen LogP contribution in [0.15, 0.2) is 18.7 Å². The van der Waals surface area contributed by atoms with E-state index in [-0.39, 0.29) is 0 Å². The first-order chi connectivity index (χ1) is 6.29. The van der Waals surface area contributed by atoms with Crippen molar-refractivity contribution in [1.82, 2.24) is 15.0 Å². The Morgan fingerprint density at radius 2 is 2.08 bits per heavy atom. The topological polar surface area (TPSA) is 41.6 Å². The molecular weight excluding hydrogens is 162 g/mol. The number of rotatable bonds is 0. The summed E-state index contributed by atoms with van der Waals surface area (Å²) in [6, 6.07) is 0. The Hall–Kier alpha value is -1.38. The Kier molecular flexibility index (Phi) is 3.43. The van der Waals surface area contributed by atoms with Gasteiger partial charge in [0.2, 0.25) is 0 Å². The van der Waals surface area contributed by atoms with Crippen LogP contribution in [0, 0.1) is 6.92 Å². The molecule has 0 unspecified atom stereocenters. The normalized spacial score (nSPS) is 9.46. The lowest BCUT2D eigenvalue weighted by Gasteiger charge is -1.85. The van der Waals surface area contributed by atoms with Crippen LogP contribution in [0.4, 0.5) is 0 Å². The third-order valence-electron chi connectivity index (χ3n) is 1.56. The van der Waals surface area contributed by atoms with E-state index in [1.807, 2.05) is 19.3 Å². The van der Waals surface area contributed by atoms with E-state index >= 15 is 0 Å². The van der Waals surface area contributed by atoms with E-state index in [1.54, 1.807) is 0 Å². The maximum Gasteiger partial charge on any atom is 0.140 e. The van der Waals surface area contributed by atoms with Crippen molar-refractivity contribution in [1.29, 1.82) is 0 Å². The van der Waals surface area contributed by atoms with Crippen molar-refractivity contribution >= 4 is 11.0 Å². The highest BCUT2D eigenvalue weighted by atomic mass is 14.9. The van der Waals surface area contributed by atoms with E-state index in [0.717, 1.165) is 11.0 Å². The number of nitrogens with zero attached hydrogens (tertiary/aromatic N) is 2. The molecule has 3 nitrogen and oxygen atoms in total. The second kappa shape index (κ2) is 4.60. The first-order valence-electron chi connectivity index (χ1n) is 4.53. The van der Waals surface area contributed by atoms with Gasteiger partial charge in [-0.25, -0.2) is 9.97 Å². The maximum absolute atomic E-state index is 4.04. The minimum Gasteiger partial charge on any atom is -0.346 e. The molecule has 2 heterocycles. The van der Waals surface area contributed by atoms with Gasteiger partial charge in [-0.2, -0.15) is 0 Å². The van der Waals surface area contributed by atoms with Crippen LogP contribution in [0.1, 0.15) is 25.8 Å². The summed E-state index contributed by atoms with van der Waals surface area (Å²) < 4.78 is 0. The standard InChI is InChI=1S/C7H7N3.C3H8/c1-5-2-9-7-6(5)3-8-4-10-7;1-3-2/h2-4H,1H3,(H,8,9,10);3H2,1-2H3. The SMILES string of the molecule is CCC.Cc1c[nH]c2ncncc12. The molecule has 2 aromatic rings. The Morgan fingerprint density at radius 3 is 2.69 bits per heavy atom. The summed E-state index contributed by atoms with van der Waals surface area (Å²) in [5, 5.41) is 1.10.